The van der Waals surface area contributed by atoms with Crippen LogP contribution in [0.4, 0.5) is 11.4 Å². The lowest BCUT2D eigenvalue weighted by atomic mass is 9.91. The fraction of sp³-hybridized carbons (Fsp3) is 0.136. The summed E-state index contributed by atoms with van der Waals surface area (Å²) >= 11 is 0. The van der Waals surface area contributed by atoms with Gasteiger partial charge in [-0.1, -0.05) is 79.2 Å². The van der Waals surface area contributed by atoms with Crippen LogP contribution < -0.4 is 15.1 Å². The molecule has 0 radical (unpaired) electrons. The molecule has 6 aromatic carbocycles. The molecule has 10 heteroatoms. The first-order valence-corrected chi connectivity index (χ1v) is 17.8. The van der Waals surface area contributed by atoms with E-state index in [1.54, 1.807) is 91.0 Å². The van der Waals surface area contributed by atoms with Crippen molar-refractivity contribution in [3.05, 3.63) is 155 Å². The van der Waals surface area contributed by atoms with Gasteiger partial charge in [-0.15, -0.1) is 0 Å². The summed E-state index contributed by atoms with van der Waals surface area (Å²) in [5, 5.41) is 5.72. The number of benzene rings is 6. The Morgan fingerprint density at radius 3 is 1.44 bits per heavy atom. The number of amides is 5. The Hall–Kier alpha value is -6.94. The van der Waals surface area contributed by atoms with E-state index >= 15 is 0 Å². The van der Waals surface area contributed by atoms with E-state index in [0.717, 1.165) is 33.4 Å². The highest BCUT2D eigenvalue weighted by molar-refractivity contribution is 6.37. The first kappa shape index (κ1) is 32.9. The smallest absolute Gasteiger partial charge is 0.340 e. The quantitative estimate of drug-likeness (QED) is 0.140. The Morgan fingerprint density at radius 1 is 0.519 bits per heavy atom. The van der Waals surface area contributed by atoms with Gasteiger partial charge in [0.25, 0.3) is 29.5 Å². The largest absolute Gasteiger partial charge is 0.457 e. The third-order valence-corrected chi connectivity index (χ3v) is 10.6. The van der Waals surface area contributed by atoms with Crippen molar-refractivity contribution in [1.82, 2.24) is 5.32 Å². The minimum atomic E-state index is -0.743. The number of carbonyl (C=O) groups excluding carboxylic acids is 6. The van der Waals surface area contributed by atoms with Crippen molar-refractivity contribution in [1.29, 1.82) is 0 Å². The summed E-state index contributed by atoms with van der Waals surface area (Å²) in [6.07, 6.45) is 1.74. The van der Waals surface area contributed by atoms with E-state index in [9.17, 15) is 28.8 Å². The maximum atomic E-state index is 14.1. The highest BCUT2D eigenvalue weighted by Gasteiger charge is 2.39. The maximum absolute atomic E-state index is 14.1. The summed E-state index contributed by atoms with van der Waals surface area (Å²) in [6.45, 7) is 0. The number of nitrogens with one attached hydrogen (secondary N) is 1. The SMILES string of the molecule is O=C(N[C@@H]1CCCC[C@H]1OC(=O)c1ccccc1N1C(=O)c2cccc3cccc(c23)C1=O)c1ccccc1N1C(=O)c2cccc3cccc(c23)C1=O. The molecule has 0 spiro atoms. The zero-order valence-corrected chi connectivity index (χ0v) is 28.8. The summed E-state index contributed by atoms with van der Waals surface area (Å²) in [4.78, 5) is 85.5. The fourth-order valence-corrected chi connectivity index (χ4v) is 8.05. The number of esters is 1. The molecule has 5 amide bonds. The van der Waals surface area contributed by atoms with Crippen LogP contribution in [0, 0.1) is 0 Å². The number of carbonyl (C=O) groups is 6. The fourth-order valence-electron chi connectivity index (χ4n) is 8.05. The van der Waals surface area contributed by atoms with Gasteiger partial charge in [-0.05, 0) is 78.6 Å². The molecule has 2 atom stereocenters. The third kappa shape index (κ3) is 5.17. The first-order chi connectivity index (χ1) is 26.3. The molecule has 1 N–H and O–H groups in total. The average molecular weight is 714 g/mol. The molecule has 9 rings (SSSR count). The van der Waals surface area contributed by atoms with E-state index < -0.39 is 47.7 Å². The number of hydrogen-bond acceptors (Lipinski definition) is 7. The summed E-state index contributed by atoms with van der Waals surface area (Å²) < 4.78 is 6.09. The summed E-state index contributed by atoms with van der Waals surface area (Å²) in [5.41, 5.74) is 1.84. The van der Waals surface area contributed by atoms with E-state index in [-0.39, 0.29) is 22.5 Å². The molecule has 0 aromatic heterocycles. The zero-order valence-electron chi connectivity index (χ0n) is 28.8. The number of anilines is 2. The van der Waals surface area contributed by atoms with Crippen molar-refractivity contribution in [2.24, 2.45) is 0 Å². The van der Waals surface area contributed by atoms with Gasteiger partial charge < -0.3 is 10.1 Å². The lowest BCUT2D eigenvalue weighted by molar-refractivity contribution is 0.0101. The van der Waals surface area contributed by atoms with Gasteiger partial charge in [-0.2, -0.15) is 0 Å². The monoisotopic (exact) mass is 713 g/mol. The Labute approximate surface area is 308 Å². The maximum Gasteiger partial charge on any atom is 0.340 e. The molecule has 264 valence electrons. The summed E-state index contributed by atoms with van der Waals surface area (Å²) in [5.74, 6) is -3.42. The predicted octanol–water partition coefficient (Wildman–Crippen LogP) is 7.49. The molecule has 6 aromatic rings. The molecule has 1 fully saturated rings. The van der Waals surface area contributed by atoms with Crippen LogP contribution in [0.5, 0.6) is 0 Å². The van der Waals surface area contributed by atoms with Gasteiger partial charge in [-0.3, -0.25) is 24.0 Å². The van der Waals surface area contributed by atoms with E-state index in [4.69, 9.17) is 4.74 Å². The second-order valence-corrected chi connectivity index (χ2v) is 13.7. The average Bonchev–Trinajstić information content (AvgIpc) is 3.20. The van der Waals surface area contributed by atoms with Gasteiger partial charge in [-0.25, -0.2) is 14.6 Å². The van der Waals surface area contributed by atoms with E-state index in [1.165, 1.54) is 6.07 Å². The van der Waals surface area contributed by atoms with E-state index in [0.29, 0.717) is 45.9 Å². The van der Waals surface area contributed by atoms with Crippen molar-refractivity contribution in [3.8, 4) is 0 Å². The van der Waals surface area contributed by atoms with Gasteiger partial charge in [0.1, 0.15) is 6.10 Å². The van der Waals surface area contributed by atoms with Gasteiger partial charge in [0.2, 0.25) is 0 Å². The van der Waals surface area contributed by atoms with Crippen LogP contribution in [0.2, 0.25) is 0 Å². The van der Waals surface area contributed by atoms with Gasteiger partial charge in [0.05, 0.1) is 28.5 Å². The number of nitrogens with zero attached hydrogens (tertiary/aromatic N) is 2. The number of hydrogen-bond donors (Lipinski definition) is 1. The molecule has 2 aliphatic heterocycles. The molecule has 54 heavy (non-hydrogen) atoms. The highest BCUT2D eigenvalue weighted by Crippen LogP contribution is 2.37. The van der Waals surface area contributed by atoms with Crippen LogP contribution in [0.1, 0.15) is 87.8 Å². The summed E-state index contributed by atoms with van der Waals surface area (Å²) in [7, 11) is 0. The molecule has 2 heterocycles. The highest BCUT2D eigenvalue weighted by atomic mass is 16.5. The Balaban J connectivity index is 0.978. The Morgan fingerprint density at radius 2 is 0.944 bits per heavy atom. The molecule has 1 aliphatic carbocycles. The van der Waals surface area contributed by atoms with E-state index in [1.807, 2.05) is 24.3 Å². The first-order valence-electron chi connectivity index (χ1n) is 17.8. The lowest BCUT2D eigenvalue weighted by Gasteiger charge is -2.33. The minimum Gasteiger partial charge on any atom is -0.457 e. The van der Waals surface area contributed by atoms with Crippen molar-refractivity contribution in [3.63, 3.8) is 0 Å². The predicted molar refractivity (Wildman–Crippen MR) is 202 cm³/mol. The number of para-hydroxylation sites is 2. The lowest BCUT2D eigenvalue weighted by Crippen LogP contribution is -2.48. The molecule has 10 nitrogen and oxygen atoms in total. The normalized spacial score (nSPS) is 17.9. The Bertz CT molecular complexity index is 2350. The standard InChI is InChI=1S/C44H31N3O7/c48-39(27-15-1-4-22-34(27)46-40(49)29-17-7-11-25-12-8-18-30(37(25)29)41(46)50)45-33-21-3-6-24-36(33)54-44(53)28-16-2-5-23-35(28)47-42(51)31-19-9-13-26-14-10-20-32(38(26)31)43(47)52/h1-2,4-5,7-20,22-23,33,36H,3,6,21,24H2,(H,45,48)/t33-,36-/m1/s1. The third-order valence-electron chi connectivity index (χ3n) is 10.6. The van der Waals surface area contributed by atoms with Crippen molar-refractivity contribution >= 4 is 68.4 Å². The number of rotatable bonds is 6. The number of imide groups is 2. The van der Waals surface area contributed by atoms with Gasteiger partial charge in [0.15, 0.2) is 0 Å². The minimum absolute atomic E-state index is 0.0316. The Kier molecular flexibility index (Phi) is 7.88. The zero-order chi connectivity index (χ0) is 37.1. The molecular formula is C44H31N3O7. The molecule has 0 unspecified atom stereocenters. The van der Waals surface area contributed by atoms with Crippen molar-refractivity contribution in [2.45, 2.75) is 37.8 Å². The van der Waals surface area contributed by atoms with Crippen molar-refractivity contribution < 1.29 is 33.5 Å². The molecule has 0 saturated heterocycles. The second kappa shape index (κ2) is 12.9. The topological polar surface area (TPSA) is 130 Å². The van der Waals surface area contributed by atoms with Gasteiger partial charge in [0, 0.05) is 33.0 Å². The number of ether oxygens (including phenoxy) is 1. The molecular weight excluding hydrogens is 682 g/mol. The van der Waals surface area contributed by atoms with Crippen LogP contribution in [-0.2, 0) is 4.74 Å². The molecule has 1 saturated carbocycles. The van der Waals surface area contributed by atoms with E-state index in [2.05, 4.69) is 5.32 Å². The van der Waals surface area contributed by atoms with Crippen LogP contribution >= 0.6 is 0 Å². The second-order valence-electron chi connectivity index (χ2n) is 13.7. The van der Waals surface area contributed by atoms with Crippen LogP contribution in [0.3, 0.4) is 0 Å². The molecule has 3 aliphatic rings. The van der Waals surface area contributed by atoms with Gasteiger partial charge >= 0.3 is 5.97 Å². The van der Waals surface area contributed by atoms with Crippen LogP contribution in [-0.4, -0.2) is 47.7 Å². The summed E-state index contributed by atoms with van der Waals surface area (Å²) in [6, 6.07) is 33.2. The van der Waals surface area contributed by atoms with Crippen LogP contribution in [0.25, 0.3) is 21.5 Å². The van der Waals surface area contributed by atoms with Crippen LogP contribution in [0.15, 0.2) is 121 Å². The molecule has 0 bridgehead atoms. The van der Waals surface area contributed by atoms with Crippen molar-refractivity contribution in [2.75, 3.05) is 9.80 Å².